The van der Waals surface area contributed by atoms with Gasteiger partial charge in [0, 0.05) is 6.54 Å². The molecule has 0 N–H and O–H groups in total. The van der Waals surface area contributed by atoms with Gasteiger partial charge in [0.2, 0.25) is 0 Å². The zero-order valence-electron chi connectivity index (χ0n) is 20.0. The van der Waals surface area contributed by atoms with Crippen molar-refractivity contribution >= 4 is 43.1 Å². The lowest BCUT2D eigenvalue weighted by molar-refractivity contribution is 0.521. The molecule has 0 unspecified atom stereocenters. The van der Waals surface area contributed by atoms with Gasteiger partial charge in [-0.1, -0.05) is 116 Å². The smallest absolute Gasteiger partial charge is 0.0700 e. The molecule has 0 saturated carbocycles. The van der Waals surface area contributed by atoms with Crippen LogP contribution in [0.1, 0.15) is 122 Å². The van der Waals surface area contributed by atoms with Crippen LogP contribution in [0.5, 0.6) is 0 Å². The average molecular weight is 460 g/mol. The van der Waals surface area contributed by atoms with Gasteiger partial charge in [0.1, 0.15) is 0 Å². The third-order valence-corrected chi connectivity index (χ3v) is 8.78. The number of hydrogen-bond donors (Lipinski definition) is 0. The van der Waals surface area contributed by atoms with Gasteiger partial charge in [-0.25, -0.2) is 0 Å². The number of hydrogen-bond acceptors (Lipinski definition) is 2. The van der Waals surface area contributed by atoms with Crippen molar-refractivity contribution in [1.29, 1.82) is 0 Å². The molecule has 3 aromatic rings. The quantitative estimate of drug-likeness (QED) is 0.157. The van der Waals surface area contributed by atoms with Gasteiger partial charge in [-0.05, 0) is 29.3 Å². The first kappa shape index (κ1) is 24.8. The summed E-state index contributed by atoms with van der Waals surface area (Å²) in [7, 11) is 0. The third-order valence-electron chi connectivity index (χ3n) is 6.81. The standard InChI is InChI=1S/C28H45NS2/c1-2-3-4-5-6-7-8-9-10-11-12-13-14-15-16-17-18-19-22-29-25-20-23-30-27(25)28-26(29)21-24-31-28/h20-21,23-24H,2-19,22H2,1H3. The first-order valence-electron chi connectivity index (χ1n) is 13.3. The van der Waals surface area contributed by atoms with Crippen LogP contribution in [0.25, 0.3) is 20.4 Å². The van der Waals surface area contributed by atoms with Crippen molar-refractivity contribution in [2.75, 3.05) is 0 Å². The Morgan fingerprint density at radius 2 is 0.871 bits per heavy atom. The first-order valence-corrected chi connectivity index (χ1v) is 15.1. The first-order chi connectivity index (χ1) is 15.4. The second-order valence-corrected chi connectivity index (χ2v) is 11.3. The van der Waals surface area contributed by atoms with Crippen LogP contribution in [0.15, 0.2) is 22.9 Å². The Morgan fingerprint density at radius 3 is 1.26 bits per heavy atom. The van der Waals surface area contributed by atoms with Gasteiger partial charge >= 0.3 is 0 Å². The van der Waals surface area contributed by atoms with Crippen molar-refractivity contribution in [1.82, 2.24) is 4.57 Å². The molecule has 3 heteroatoms. The molecule has 0 saturated heterocycles. The predicted octanol–water partition coefficient (Wildman–Crippen LogP) is 11.0. The Labute approximate surface area is 199 Å². The number of thiophene rings is 2. The van der Waals surface area contributed by atoms with Crippen molar-refractivity contribution < 1.29 is 0 Å². The van der Waals surface area contributed by atoms with Crippen LogP contribution in [0, 0.1) is 0 Å². The monoisotopic (exact) mass is 459 g/mol. The number of aryl methyl sites for hydroxylation is 1. The van der Waals surface area contributed by atoms with Crippen LogP contribution < -0.4 is 0 Å². The second-order valence-electron chi connectivity index (χ2n) is 9.43. The molecule has 0 atom stereocenters. The van der Waals surface area contributed by atoms with Crippen molar-refractivity contribution in [3.63, 3.8) is 0 Å². The minimum absolute atomic E-state index is 1.19. The number of fused-ring (bicyclic) bond motifs is 3. The molecular formula is C28H45NS2. The summed E-state index contributed by atoms with van der Waals surface area (Å²) in [6, 6.07) is 4.61. The fourth-order valence-corrected chi connectivity index (χ4v) is 6.89. The lowest BCUT2D eigenvalue weighted by atomic mass is 10.0. The van der Waals surface area contributed by atoms with E-state index in [9.17, 15) is 0 Å². The highest BCUT2D eigenvalue weighted by molar-refractivity contribution is 7.25. The van der Waals surface area contributed by atoms with Crippen LogP contribution in [-0.2, 0) is 6.54 Å². The van der Waals surface area contributed by atoms with Gasteiger partial charge in [0.25, 0.3) is 0 Å². The molecule has 0 aromatic carbocycles. The largest absolute Gasteiger partial charge is 0.339 e. The van der Waals surface area contributed by atoms with Gasteiger partial charge in [0.05, 0.1) is 20.4 Å². The lowest BCUT2D eigenvalue weighted by Gasteiger charge is -2.06. The number of rotatable bonds is 19. The second kappa shape index (κ2) is 15.1. The van der Waals surface area contributed by atoms with E-state index in [4.69, 9.17) is 0 Å². The SMILES string of the molecule is CCCCCCCCCCCCCCCCCCCCn1c2ccsc2c2sccc21. The van der Waals surface area contributed by atoms with E-state index in [2.05, 4.69) is 34.4 Å². The molecule has 0 aliphatic heterocycles. The van der Waals surface area contributed by atoms with E-state index in [0.717, 1.165) is 0 Å². The van der Waals surface area contributed by atoms with Crippen molar-refractivity contribution in [2.45, 2.75) is 129 Å². The lowest BCUT2D eigenvalue weighted by Crippen LogP contribution is -1.96. The molecule has 3 aromatic heterocycles. The molecule has 0 bridgehead atoms. The topological polar surface area (TPSA) is 4.93 Å². The summed E-state index contributed by atoms with van der Waals surface area (Å²) in [5, 5.41) is 4.49. The summed E-state index contributed by atoms with van der Waals surface area (Å²) >= 11 is 3.80. The van der Waals surface area contributed by atoms with Crippen LogP contribution in [0.3, 0.4) is 0 Å². The highest BCUT2D eigenvalue weighted by atomic mass is 32.1. The molecule has 0 aliphatic rings. The molecule has 0 spiro atoms. The Hall–Kier alpha value is -0.800. The van der Waals surface area contributed by atoms with Gasteiger partial charge in [-0.15, -0.1) is 22.7 Å². The van der Waals surface area contributed by atoms with Crippen LogP contribution >= 0.6 is 22.7 Å². The average Bonchev–Trinajstić information content (AvgIpc) is 3.49. The molecule has 3 rings (SSSR count). The molecule has 31 heavy (non-hydrogen) atoms. The molecule has 0 fully saturated rings. The predicted molar refractivity (Wildman–Crippen MR) is 144 cm³/mol. The van der Waals surface area contributed by atoms with E-state index in [1.807, 2.05) is 22.7 Å². The molecule has 0 radical (unpaired) electrons. The fourth-order valence-electron chi connectivity index (χ4n) is 4.91. The number of nitrogens with zero attached hydrogens (tertiary/aromatic N) is 1. The zero-order chi connectivity index (χ0) is 21.6. The Kier molecular flexibility index (Phi) is 12.1. The molecule has 0 amide bonds. The highest BCUT2D eigenvalue weighted by Gasteiger charge is 2.12. The summed E-state index contributed by atoms with van der Waals surface area (Å²) in [6.07, 6.45) is 26.0. The van der Waals surface area contributed by atoms with Gasteiger partial charge in [-0.3, -0.25) is 0 Å². The van der Waals surface area contributed by atoms with Gasteiger partial charge in [0.15, 0.2) is 0 Å². The van der Waals surface area contributed by atoms with E-state index in [0.29, 0.717) is 0 Å². The van der Waals surface area contributed by atoms with Gasteiger partial charge < -0.3 is 4.57 Å². The third kappa shape index (κ3) is 8.24. The summed E-state index contributed by atoms with van der Waals surface area (Å²) < 4.78 is 5.55. The van der Waals surface area contributed by atoms with Crippen molar-refractivity contribution in [2.24, 2.45) is 0 Å². The van der Waals surface area contributed by atoms with Gasteiger partial charge in [-0.2, -0.15) is 0 Å². The van der Waals surface area contributed by atoms with Crippen LogP contribution in [-0.4, -0.2) is 4.57 Å². The Balaban J connectivity index is 1.10. The van der Waals surface area contributed by atoms with E-state index < -0.39 is 0 Å². The summed E-state index contributed by atoms with van der Waals surface area (Å²) in [5.41, 5.74) is 2.91. The Morgan fingerprint density at radius 1 is 0.516 bits per heavy atom. The van der Waals surface area contributed by atoms with Crippen molar-refractivity contribution in [3.05, 3.63) is 22.9 Å². The minimum atomic E-state index is 1.19. The fraction of sp³-hybridized carbons (Fsp3) is 0.714. The van der Waals surface area contributed by atoms with Crippen molar-refractivity contribution in [3.8, 4) is 0 Å². The molecule has 174 valence electrons. The summed E-state index contributed by atoms with van der Waals surface area (Å²) in [5.74, 6) is 0. The number of aromatic nitrogens is 1. The maximum Gasteiger partial charge on any atom is 0.0700 e. The maximum atomic E-state index is 2.56. The molecule has 3 heterocycles. The molecule has 0 aliphatic carbocycles. The molecular weight excluding hydrogens is 414 g/mol. The summed E-state index contributed by atoms with van der Waals surface area (Å²) in [6.45, 7) is 3.49. The van der Waals surface area contributed by atoms with E-state index in [-0.39, 0.29) is 0 Å². The number of unbranched alkanes of at least 4 members (excludes halogenated alkanes) is 17. The van der Waals surface area contributed by atoms with E-state index in [1.165, 1.54) is 143 Å². The minimum Gasteiger partial charge on any atom is -0.339 e. The Bertz CT molecular complexity index is 777. The van der Waals surface area contributed by atoms with Crippen LogP contribution in [0.4, 0.5) is 0 Å². The zero-order valence-corrected chi connectivity index (χ0v) is 21.6. The van der Waals surface area contributed by atoms with Crippen LogP contribution in [0.2, 0.25) is 0 Å². The molecule has 1 nitrogen and oxygen atoms in total. The highest BCUT2D eigenvalue weighted by Crippen LogP contribution is 2.36. The van der Waals surface area contributed by atoms with E-state index >= 15 is 0 Å². The van der Waals surface area contributed by atoms with E-state index in [1.54, 1.807) is 0 Å². The normalized spacial score (nSPS) is 11.9. The maximum absolute atomic E-state index is 2.56. The summed E-state index contributed by atoms with van der Waals surface area (Å²) in [4.78, 5) is 0.